The molecule has 2 aromatic rings. The third kappa shape index (κ3) is 3.69. The highest BCUT2D eigenvalue weighted by Gasteiger charge is 2.23. The minimum absolute atomic E-state index is 0.767. The SMILES string of the molecule is CN1CCN(C2=Nc3ccccc3CC/C=C\2c2ccc(Cl)cc2)CC1. The Morgan fingerprint density at radius 1 is 0.923 bits per heavy atom. The maximum atomic E-state index is 6.11. The van der Waals surface area contributed by atoms with E-state index in [1.54, 1.807) is 0 Å². The highest BCUT2D eigenvalue weighted by Crippen LogP contribution is 2.30. The Morgan fingerprint density at radius 3 is 2.42 bits per heavy atom. The van der Waals surface area contributed by atoms with Gasteiger partial charge in [-0.3, -0.25) is 0 Å². The van der Waals surface area contributed by atoms with Gasteiger partial charge in [-0.2, -0.15) is 0 Å². The summed E-state index contributed by atoms with van der Waals surface area (Å²) in [5, 5.41) is 0.767. The van der Waals surface area contributed by atoms with Gasteiger partial charge in [0.2, 0.25) is 0 Å². The lowest BCUT2D eigenvalue weighted by Gasteiger charge is -2.36. The number of piperazine rings is 1. The van der Waals surface area contributed by atoms with Crippen LogP contribution in [0.2, 0.25) is 5.02 Å². The summed E-state index contributed by atoms with van der Waals surface area (Å²) in [7, 11) is 2.18. The van der Waals surface area contributed by atoms with Gasteiger partial charge in [0.15, 0.2) is 0 Å². The second-order valence-electron chi connectivity index (χ2n) is 7.02. The Bertz CT molecular complexity index is 831. The minimum atomic E-state index is 0.767. The van der Waals surface area contributed by atoms with E-state index in [1.807, 2.05) is 12.1 Å². The zero-order chi connectivity index (χ0) is 17.9. The normalized spacial score (nSPS) is 20.5. The molecule has 4 heteroatoms. The van der Waals surface area contributed by atoms with Crippen LogP contribution in [0.15, 0.2) is 59.6 Å². The summed E-state index contributed by atoms with van der Waals surface area (Å²) < 4.78 is 0. The van der Waals surface area contributed by atoms with Crippen LogP contribution in [0, 0.1) is 0 Å². The number of hydrogen-bond acceptors (Lipinski definition) is 3. The molecule has 2 aliphatic heterocycles. The lowest BCUT2D eigenvalue weighted by atomic mass is 9.98. The number of aliphatic imine (C=N–C) groups is 1. The van der Waals surface area contributed by atoms with Crippen LogP contribution in [0.1, 0.15) is 17.5 Å². The van der Waals surface area contributed by atoms with Gasteiger partial charge in [-0.15, -0.1) is 0 Å². The van der Waals surface area contributed by atoms with Gasteiger partial charge in [0.05, 0.1) is 5.69 Å². The number of para-hydroxylation sites is 1. The minimum Gasteiger partial charge on any atom is -0.354 e. The van der Waals surface area contributed by atoms with Crippen molar-refractivity contribution in [2.24, 2.45) is 4.99 Å². The molecule has 26 heavy (non-hydrogen) atoms. The van der Waals surface area contributed by atoms with Crippen LogP contribution < -0.4 is 0 Å². The quantitative estimate of drug-likeness (QED) is 0.732. The summed E-state index contributed by atoms with van der Waals surface area (Å²) >= 11 is 6.11. The van der Waals surface area contributed by atoms with Crippen LogP contribution in [0.4, 0.5) is 5.69 Å². The highest BCUT2D eigenvalue weighted by atomic mass is 35.5. The standard InChI is InChI=1S/C22H24ClN3/c1-25-13-15-26(16-14-25)22-20(17-9-11-19(23)12-10-17)7-4-6-18-5-2-3-8-21(18)24-22/h2-3,5,7-12H,4,6,13-16H2,1H3/b20-7-,24-22?. The maximum Gasteiger partial charge on any atom is 0.136 e. The first kappa shape index (κ1) is 17.3. The van der Waals surface area contributed by atoms with Crippen molar-refractivity contribution in [3.05, 3.63) is 70.8 Å². The zero-order valence-corrected chi connectivity index (χ0v) is 15.9. The largest absolute Gasteiger partial charge is 0.354 e. The first-order valence-electron chi connectivity index (χ1n) is 9.27. The van der Waals surface area contributed by atoms with Crippen molar-refractivity contribution in [2.45, 2.75) is 12.8 Å². The average molecular weight is 366 g/mol. The molecule has 3 nitrogen and oxygen atoms in total. The first-order chi connectivity index (χ1) is 12.7. The van der Waals surface area contributed by atoms with Crippen LogP contribution in [0.5, 0.6) is 0 Å². The Labute approximate surface area is 160 Å². The molecule has 0 bridgehead atoms. The molecular weight excluding hydrogens is 342 g/mol. The fraction of sp³-hybridized carbons (Fsp3) is 0.318. The third-order valence-electron chi connectivity index (χ3n) is 5.18. The van der Waals surface area contributed by atoms with Crippen molar-refractivity contribution in [1.82, 2.24) is 9.80 Å². The summed E-state index contributed by atoms with van der Waals surface area (Å²) in [6.07, 6.45) is 4.38. The number of amidine groups is 1. The predicted molar refractivity (Wildman–Crippen MR) is 110 cm³/mol. The van der Waals surface area contributed by atoms with E-state index in [0.717, 1.165) is 55.6 Å². The summed E-state index contributed by atoms with van der Waals surface area (Å²) in [4.78, 5) is 9.96. The number of nitrogens with zero attached hydrogens (tertiary/aromatic N) is 3. The van der Waals surface area contributed by atoms with E-state index in [4.69, 9.17) is 16.6 Å². The number of benzene rings is 2. The molecular formula is C22H24ClN3. The molecule has 0 amide bonds. The first-order valence-corrected chi connectivity index (χ1v) is 9.65. The number of allylic oxidation sites excluding steroid dienone is 1. The molecule has 0 saturated carbocycles. The Hall–Kier alpha value is -2.10. The Morgan fingerprint density at radius 2 is 1.65 bits per heavy atom. The van der Waals surface area contributed by atoms with Gasteiger partial charge in [-0.05, 0) is 49.2 Å². The molecule has 134 valence electrons. The predicted octanol–water partition coefficient (Wildman–Crippen LogP) is 4.65. The number of aryl methyl sites for hydroxylation is 1. The molecule has 0 atom stereocenters. The Balaban J connectivity index is 1.79. The molecule has 4 rings (SSSR count). The van der Waals surface area contributed by atoms with Crippen molar-refractivity contribution in [2.75, 3.05) is 33.2 Å². The molecule has 0 aliphatic carbocycles. The monoisotopic (exact) mass is 365 g/mol. The molecule has 0 N–H and O–H groups in total. The molecule has 1 fully saturated rings. The van der Waals surface area contributed by atoms with Gasteiger partial charge in [0.1, 0.15) is 5.84 Å². The molecule has 2 aromatic carbocycles. The van der Waals surface area contributed by atoms with Gasteiger partial charge in [-0.25, -0.2) is 4.99 Å². The molecule has 0 unspecified atom stereocenters. The second-order valence-corrected chi connectivity index (χ2v) is 7.45. The van der Waals surface area contributed by atoms with Crippen LogP contribution in [0.25, 0.3) is 5.57 Å². The van der Waals surface area contributed by atoms with E-state index >= 15 is 0 Å². The van der Waals surface area contributed by atoms with Crippen molar-refractivity contribution in [3.63, 3.8) is 0 Å². The van der Waals surface area contributed by atoms with Gasteiger partial charge in [0.25, 0.3) is 0 Å². The van der Waals surface area contributed by atoms with Crippen LogP contribution >= 0.6 is 11.6 Å². The fourth-order valence-corrected chi connectivity index (χ4v) is 3.73. The van der Waals surface area contributed by atoms with E-state index < -0.39 is 0 Å². The van der Waals surface area contributed by atoms with Crippen molar-refractivity contribution in [1.29, 1.82) is 0 Å². The van der Waals surface area contributed by atoms with Crippen LogP contribution in [-0.2, 0) is 6.42 Å². The average Bonchev–Trinajstić information content (AvgIpc) is 2.64. The molecule has 0 spiro atoms. The third-order valence-corrected chi connectivity index (χ3v) is 5.43. The van der Waals surface area contributed by atoms with Crippen molar-refractivity contribution < 1.29 is 0 Å². The van der Waals surface area contributed by atoms with Gasteiger partial charge in [0, 0.05) is 36.8 Å². The van der Waals surface area contributed by atoms with Crippen LogP contribution in [0.3, 0.4) is 0 Å². The van der Waals surface area contributed by atoms with Gasteiger partial charge >= 0.3 is 0 Å². The van der Waals surface area contributed by atoms with E-state index in [2.05, 4.69) is 59.3 Å². The highest BCUT2D eigenvalue weighted by molar-refractivity contribution is 6.30. The van der Waals surface area contributed by atoms with Gasteiger partial charge in [-0.1, -0.05) is 48.0 Å². The van der Waals surface area contributed by atoms with Gasteiger partial charge < -0.3 is 9.80 Å². The lowest BCUT2D eigenvalue weighted by Crippen LogP contribution is -2.47. The van der Waals surface area contributed by atoms with E-state index in [1.165, 1.54) is 16.7 Å². The van der Waals surface area contributed by atoms with E-state index in [-0.39, 0.29) is 0 Å². The van der Waals surface area contributed by atoms with Crippen molar-refractivity contribution >= 4 is 28.7 Å². The van der Waals surface area contributed by atoms with Crippen LogP contribution in [-0.4, -0.2) is 48.9 Å². The van der Waals surface area contributed by atoms with E-state index in [0.29, 0.717) is 0 Å². The molecule has 2 heterocycles. The van der Waals surface area contributed by atoms with E-state index in [9.17, 15) is 0 Å². The summed E-state index contributed by atoms with van der Waals surface area (Å²) in [5.74, 6) is 1.09. The summed E-state index contributed by atoms with van der Waals surface area (Å²) in [6.45, 7) is 4.13. The summed E-state index contributed by atoms with van der Waals surface area (Å²) in [5.41, 5.74) is 4.83. The number of hydrogen-bond donors (Lipinski definition) is 0. The molecule has 0 radical (unpaired) electrons. The fourth-order valence-electron chi connectivity index (χ4n) is 3.60. The molecule has 1 saturated heterocycles. The number of rotatable bonds is 1. The molecule has 2 aliphatic rings. The number of likely N-dealkylation sites (N-methyl/N-ethyl adjacent to an activating group) is 1. The summed E-state index contributed by atoms with van der Waals surface area (Å²) in [6, 6.07) is 16.7. The second kappa shape index (κ2) is 7.65. The Kier molecular flexibility index (Phi) is 5.09. The smallest absolute Gasteiger partial charge is 0.136 e. The number of fused-ring (bicyclic) bond motifs is 1. The number of halogens is 1. The topological polar surface area (TPSA) is 18.8 Å². The lowest BCUT2D eigenvalue weighted by molar-refractivity contribution is 0.216. The van der Waals surface area contributed by atoms with Crippen molar-refractivity contribution in [3.8, 4) is 0 Å². The molecule has 0 aromatic heterocycles. The zero-order valence-electron chi connectivity index (χ0n) is 15.2. The maximum absolute atomic E-state index is 6.11.